The van der Waals surface area contributed by atoms with Crippen LogP contribution in [0.5, 0.6) is 0 Å². The number of halogens is 2. The number of amides is 2. The monoisotopic (exact) mass is 326 g/mol. The van der Waals surface area contributed by atoms with Crippen LogP contribution >= 0.6 is 0 Å². The smallest absolute Gasteiger partial charge is 0.243 e. The molecule has 0 radical (unpaired) electrons. The van der Waals surface area contributed by atoms with Crippen molar-refractivity contribution in [3.63, 3.8) is 0 Å². The zero-order valence-electron chi connectivity index (χ0n) is 14.2. The van der Waals surface area contributed by atoms with E-state index in [1.165, 1.54) is 11.9 Å². The molecule has 1 aromatic rings. The van der Waals surface area contributed by atoms with Gasteiger partial charge in [-0.1, -0.05) is 27.7 Å². The fourth-order valence-electron chi connectivity index (χ4n) is 1.85. The molecule has 0 saturated carbocycles. The zero-order valence-corrected chi connectivity index (χ0v) is 14.2. The minimum Gasteiger partial charge on any atom is -0.336 e. The largest absolute Gasteiger partial charge is 0.336 e. The van der Waals surface area contributed by atoms with Crippen molar-refractivity contribution in [2.45, 2.75) is 34.1 Å². The van der Waals surface area contributed by atoms with Gasteiger partial charge >= 0.3 is 0 Å². The summed E-state index contributed by atoms with van der Waals surface area (Å²) in [5.41, 5.74) is 0.0223. The van der Waals surface area contributed by atoms with Gasteiger partial charge in [-0.05, 0) is 23.5 Å². The Balaban J connectivity index is 2.57. The minimum atomic E-state index is -0.774. The molecular formula is C17H24F2N2O2. The van der Waals surface area contributed by atoms with Gasteiger partial charge in [0.1, 0.15) is 11.6 Å². The molecule has 0 aliphatic heterocycles. The average molecular weight is 326 g/mol. The molecule has 6 heteroatoms. The fraction of sp³-hybridized carbons (Fsp3) is 0.529. The van der Waals surface area contributed by atoms with E-state index in [1.54, 1.807) is 0 Å². The van der Waals surface area contributed by atoms with E-state index in [-0.39, 0.29) is 29.5 Å². The van der Waals surface area contributed by atoms with Gasteiger partial charge in [0.25, 0.3) is 0 Å². The van der Waals surface area contributed by atoms with Crippen molar-refractivity contribution in [1.82, 2.24) is 4.90 Å². The number of benzene rings is 1. The van der Waals surface area contributed by atoms with Crippen molar-refractivity contribution in [3.05, 3.63) is 29.8 Å². The predicted molar refractivity (Wildman–Crippen MR) is 85.9 cm³/mol. The highest BCUT2D eigenvalue weighted by atomic mass is 19.1. The Kier molecular flexibility index (Phi) is 6.24. The summed E-state index contributed by atoms with van der Waals surface area (Å²) in [4.78, 5) is 25.3. The molecule has 0 aliphatic carbocycles. The van der Waals surface area contributed by atoms with E-state index < -0.39 is 17.5 Å². The Bertz CT molecular complexity index is 562. The van der Waals surface area contributed by atoms with Crippen molar-refractivity contribution in [1.29, 1.82) is 0 Å². The van der Waals surface area contributed by atoms with E-state index in [1.807, 2.05) is 6.92 Å². The predicted octanol–water partition coefficient (Wildman–Crippen LogP) is 3.43. The van der Waals surface area contributed by atoms with Crippen LogP contribution in [-0.4, -0.2) is 30.3 Å². The number of rotatable bonds is 5. The zero-order chi connectivity index (χ0) is 17.8. The average Bonchev–Trinajstić information content (AvgIpc) is 2.35. The lowest BCUT2D eigenvalue weighted by molar-refractivity contribution is -0.134. The van der Waals surface area contributed by atoms with Gasteiger partial charge < -0.3 is 10.2 Å². The lowest BCUT2D eigenvalue weighted by Crippen LogP contribution is -2.36. The van der Waals surface area contributed by atoms with Crippen molar-refractivity contribution >= 4 is 17.5 Å². The molecule has 0 heterocycles. The highest BCUT2D eigenvalue weighted by molar-refractivity contribution is 5.94. The number of likely N-dealkylation sites (N-methyl/N-ethyl adjacent to an activating group) is 1. The van der Waals surface area contributed by atoms with Crippen molar-refractivity contribution in [2.75, 3.05) is 18.9 Å². The third-order valence-corrected chi connectivity index (χ3v) is 3.91. The second-order valence-electron chi connectivity index (χ2n) is 6.93. The van der Waals surface area contributed by atoms with Gasteiger partial charge in [-0.3, -0.25) is 9.59 Å². The summed E-state index contributed by atoms with van der Waals surface area (Å²) >= 11 is 0. The normalized spacial score (nSPS) is 12.7. The molecule has 1 N–H and O–H groups in total. The minimum absolute atomic E-state index is 0.00213. The van der Waals surface area contributed by atoms with Crippen LogP contribution in [0, 0.1) is 23.0 Å². The molecule has 0 saturated heterocycles. The van der Waals surface area contributed by atoms with Gasteiger partial charge in [0, 0.05) is 25.2 Å². The van der Waals surface area contributed by atoms with E-state index in [0.29, 0.717) is 6.42 Å². The molecule has 128 valence electrons. The Morgan fingerprint density at radius 2 is 1.70 bits per heavy atom. The first-order chi connectivity index (χ1) is 10.5. The number of carbonyl (C=O) groups excluding carboxylic acids is 2. The van der Waals surface area contributed by atoms with Crippen LogP contribution in [0.15, 0.2) is 18.2 Å². The second-order valence-corrected chi connectivity index (χ2v) is 6.93. The molecule has 1 unspecified atom stereocenters. The highest BCUT2D eigenvalue weighted by Crippen LogP contribution is 2.28. The molecular weight excluding hydrogens is 302 g/mol. The maximum atomic E-state index is 13.1. The van der Waals surface area contributed by atoms with Crippen LogP contribution in [0.4, 0.5) is 14.5 Å². The van der Waals surface area contributed by atoms with Gasteiger partial charge in [0.2, 0.25) is 11.8 Å². The maximum Gasteiger partial charge on any atom is 0.243 e. The number of hydrogen-bond donors (Lipinski definition) is 1. The number of hydrogen-bond acceptors (Lipinski definition) is 2. The van der Waals surface area contributed by atoms with Crippen molar-refractivity contribution in [3.8, 4) is 0 Å². The molecule has 0 fully saturated rings. The van der Waals surface area contributed by atoms with Gasteiger partial charge in [-0.2, -0.15) is 0 Å². The number of anilines is 1. The molecule has 1 atom stereocenters. The summed E-state index contributed by atoms with van der Waals surface area (Å²) in [5, 5.41) is 2.38. The summed E-state index contributed by atoms with van der Waals surface area (Å²) < 4.78 is 26.1. The summed E-state index contributed by atoms with van der Waals surface area (Å²) in [5.74, 6) is -2.03. The van der Waals surface area contributed by atoms with Crippen LogP contribution in [0.1, 0.15) is 34.1 Å². The third kappa shape index (κ3) is 6.34. The molecule has 0 bridgehead atoms. The molecule has 0 spiro atoms. The Morgan fingerprint density at radius 1 is 1.17 bits per heavy atom. The molecule has 23 heavy (non-hydrogen) atoms. The molecule has 1 aromatic carbocycles. The molecule has 1 rings (SSSR count). The van der Waals surface area contributed by atoms with E-state index in [0.717, 1.165) is 18.2 Å². The molecule has 0 aromatic heterocycles. The maximum absolute atomic E-state index is 13.1. The van der Waals surface area contributed by atoms with E-state index >= 15 is 0 Å². The van der Waals surface area contributed by atoms with Crippen LogP contribution in [0.25, 0.3) is 0 Å². The van der Waals surface area contributed by atoms with E-state index in [4.69, 9.17) is 0 Å². The SMILES string of the molecule is CC(CC(=O)N(C)CC(=O)Nc1cc(F)cc(F)c1)C(C)(C)C. The molecule has 4 nitrogen and oxygen atoms in total. The summed E-state index contributed by atoms with van der Waals surface area (Å²) in [6.45, 7) is 7.97. The Hall–Kier alpha value is -1.98. The second kappa shape index (κ2) is 7.53. The first-order valence-corrected chi connectivity index (χ1v) is 7.49. The fourth-order valence-corrected chi connectivity index (χ4v) is 1.85. The number of nitrogens with zero attached hydrogens (tertiary/aromatic N) is 1. The van der Waals surface area contributed by atoms with Crippen LogP contribution in [-0.2, 0) is 9.59 Å². The molecule has 2 amide bonds. The standard InChI is InChI=1S/C17H24F2N2O2/c1-11(17(2,3)4)6-16(23)21(5)10-15(22)20-14-8-12(18)7-13(19)9-14/h7-9,11H,6,10H2,1-5H3,(H,20,22). The van der Waals surface area contributed by atoms with Crippen LogP contribution in [0.3, 0.4) is 0 Å². The number of carbonyl (C=O) groups is 2. The summed E-state index contributed by atoms with van der Waals surface area (Å²) in [6, 6.07) is 2.76. The van der Waals surface area contributed by atoms with E-state index in [9.17, 15) is 18.4 Å². The lowest BCUT2D eigenvalue weighted by atomic mass is 9.80. The van der Waals surface area contributed by atoms with Gasteiger partial charge in [-0.15, -0.1) is 0 Å². The van der Waals surface area contributed by atoms with Crippen molar-refractivity contribution < 1.29 is 18.4 Å². The van der Waals surface area contributed by atoms with Gasteiger partial charge in [0.05, 0.1) is 6.54 Å². The Morgan fingerprint density at radius 3 is 2.17 bits per heavy atom. The third-order valence-electron chi connectivity index (χ3n) is 3.91. The quantitative estimate of drug-likeness (QED) is 0.901. The van der Waals surface area contributed by atoms with Gasteiger partial charge in [0.15, 0.2) is 0 Å². The lowest BCUT2D eigenvalue weighted by Gasteiger charge is -2.28. The van der Waals surface area contributed by atoms with Gasteiger partial charge in [-0.25, -0.2) is 8.78 Å². The van der Waals surface area contributed by atoms with Crippen LogP contribution < -0.4 is 5.32 Å². The van der Waals surface area contributed by atoms with Crippen LogP contribution in [0.2, 0.25) is 0 Å². The first-order valence-electron chi connectivity index (χ1n) is 7.49. The number of nitrogens with one attached hydrogen (secondary N) is 1. The van der Waals surface area contributed by atoms with Crippen molar-refractivity contribution in [2.24, 2.45) is 11.3 Å². The molecule has 0 aliphatic rings. The summed E-state index contributed by atoms with van der Waals surface area (Å²) in [6.07, 6.45) is 0.335. The first kappa shape index (κ1) is 19.1. The van der Waals surface area contributed by atoms with E-state index in [2.05, 4.69) is 26.1 Å². The summed E-state index contributed by atoms with van der Waals surface area (Å²) in [7, 11) is 1.53. The topological polar surface area (TPSA) is 49.4 Å². The Labute approximate surface area is 135 Å². The highest BCUT2D eigenvalue weighted by Gasteiger charge is 2.24.